The Bertz CT molecular complexity index is 428. The maximum atomic E-state index is 9.62. The minimum Gasteiger partial charge on any atom is -0.395 e. The fraction of sp³-hybridized carbons (Fsp3) is 0.667. The molecule has 2 N–H and O–H groups in total. The van der Waals surface area contributed by atoms with Gasteiger partial charge in [0.25, 0.3) is 0 Å². The van der Waals surface area contributed by atoms with Crippen molar-refractivity contribution in [3.63, 3.8) is 0 Å². The maximum Gasteiger partial charge on any atom is 0.134 e. The van der Waals surface area contributed by atoms with E-state index < -0.39 is 0 Å². The van der Waals surface area contributed by atoms with Crippen molar-refractivity contribution in [1.82, 2.24) is 4.98 Å². The summed E-state index contributed by atoms with van der Waals surface area (Å²) in [6.07, 6.45) is 4.79. The predicted molar refractivity (Wildman–Crippen MR) is 76.3 cm³/mol. The molecule has 0 bridgehead atoms. The molecule has 4 nitrogen and oxygen atoms in total. The molecule has 0 aliphatic heterocycles. The van der Waals surface area contributed by atoms with Gasteiger partial charge in [-0.15, -0.1) is 0 Å². The van der Waals surface area contributed by atoms with Crippen molar-refractivity contribution in [2.75, 3.05) is 18.1 Å². The van der Waals surface area contributed by atoms with Crippen LogP contribution in [0.4, 0.5) is 5.82 Å². The normalized spacial score (nSPS) is 16.0. The molecule has 0 spiro atoms. The molecule has 0 aromatic carbocycles. The molecule has 1 saturated carbocycles. The lowest BCUT2D eigenvalue weighted by molar-refractivity contribution is 0.278. The van der Waals surface area contributed by atoms with E-state index >= 15 is 0 Å². The first-order valence-corrected chi connectivity index (χ1v) is 7.13. The summed E-state index contributed by atoms with van der Waals surface area (Å²) in [5.41, 5.74) is 2.93. The molecular formula is C15H24N2O2. The molecular weight excluding hydrogens is 240 g/mol. The quantitative estimate of drug-likeness (QED) is 0.853. The van der Waals surface area contributed by atoms with Crippen LogP contribution < -0.4 is 4.90 Å². The van der Waals surface area contributed by atoms with E-state index in [9.17, 15) is 10.2 Å². The summed E-state index contributed by atoms with van der Waals surface area (Å²) in [6, 6.07) is 2.45. The van der Waals surface area contributed by atoms with E-state index in [4.69, 9.17) is 0 Å². The first kappa shape index (κ1) is 14.3. The van der Waals surface area contributed by atoms with Gasteiger partial charge in [0, 0.05) is 23.8 Å². The number of aliphatic hydroxyl groups excluding tert-OH is 2. The molecule has 0 saturated heterocycles. The average molecular weight is 264 g/mol. The standard InChI is InChI=1S/C15H24N2O2/c1-11-9-12(2)16-15(14(11)10-19)17(7-8-18)13-5-3-4-6-13/h9,13,18-19H,3-8,10H2,1-2H3. The molecule has 1 aromatic rings. The van der Waals surface area contributed by atoms with E-state index in [0.29, 0.717) is 12.6 Å². The Kier molecular flexibility index (Phi) is 4.77. The van der Waals surface area contributed by atoms with Crippen molar-refractivity contribution >= 4 is 5.82 Å². The van der Waals surface area contributed by atoms with Crippen LogP contribution in [0.15, 0.2) is 6.07 Å². The molecule has 1 heterocycles. The van der Waals surface area contributed by atoms with E-state index in [-0.39, 0.29) is 13.2 Å². The van der Waals surface area contributed by atoms with E-state index in [1.165, 1.54) is 12.8 Å². The van der Waals surface area contributed by atoms with E-state index in [1.807, 2.05) is 19.9 Å². The summed E-state index contributed by atoms with van der Waals surface area (Å²) < 4.78 is 0. The monoisotopic (exact) mass is 264 g/mol. The van der Waals surface area contributed by atoms with Crippen LogP contribution >= 0.6 is 0 Å². The van der Waals surface area contributed by atoms with Crippen molar-refractivity contribution in [1.29, 1.82) is 0 Å². The van der Waals surface area contributed by atoms with Crippen LogP contribution in [0.25, 0.3) is 0 Å². The van der Waals surface area contributed by atoms with E-state index in [2.05, 4.69) is 9.88 Å². The van der Waals surface area contributed by atoms with Gasteiger partial charge in [0.15, 0.2) is 0 Å². The molecule has 106 valence electrons. The van der Waals surface area contributed by atoms with Crippen LogP contribution in [0.1, 0.15) is 42.5 Å². The molecule has 1 aliphatic rings. The predicted octanol–water partition coefficient (Wildman–Crippen LogP) is 1.93. The Labute approximate surface area is 115 Å². The number of anilines is 1. The minimum atomic E-state index is 0.00307. The van der Waals surface area contributed by atoms with Gasteiger partial charge < -0.3 is 15.1 Å². The molecule has 2 rings (SSSR count). The maximum absolute atomic E-state index is 9.62. The van der Waals surface area contributed by atoms with Crippen molar-refractivity contribution < 1.29 is 10.2 Å². The zero-order valence-electron chi connectivity index (χ0n) is 11.9. The topological polar surface area (TPSA) is 56.6 Å². The van der Waals surface area contributed by atoms with Gasteiger partial charge in [-0.3, -0.25) is 0 Å². The number of pyridine rings is 1. The summed E-state index contributed by atoms with van der Waals surface area (Å²) in [4.78, 5) is 6.82. The fourth-order valence-corrected chi connectivity index (χ4v) is 3.06. The highest BCUT2D eigenvalue weighted by molar-refractivity contribution is 5.52. The molecule has 4 heteroatoms. The fourth-order valence-electron chi connectivity index (χ4n) is 3.06. The second-order valence-electron chi connectivity index (χ2n) is 5.40. The number of hydrogen-bond donors (Lipinski definition) is 2. The van der Waals surface area contributed by atoms with E-state index in [1.54, 1.807) is 0 Å². The molecule has 0 unspecified atom stereocenters. The van der Waals surface area contributed by atoms with Gasteiger partial charge in [-0.1, -0.05) is 12.8 Å². The van der Waals surface area contributed by atoms with Gasteiger partial charge >= 0.3 is 0 Å². The third-order valence-corrected chi connectivity index (χ3v) is 3.99. The Balaban J connectivity index is 2.39. The molecule has 0 atom stereocenters. The van der Waals surface area contributed by atoms with Gasteiger partial charge in [0.05, 0.1) is 13.2 Å². The largest absolute Gasteiger partial charge is 0.395 e. The van der Waals surface area contributed by atoms with Gasteiger partial charge in [-0.2, -0.15) is 0 Å². The summed E-state index contributed by atoms with van der Waals surface area (Å²) >= 11 is 0. The van der Waals surface area contributed by atoms with Crippen molar-refractivity contribution in [2.45, 2.75) is 52.2 Å². The van der Waals surface area contributed by atoms with Crippen LogP contribution in [0.3, 0.4) is 0 Å². The van der Waals surface area contributed by atoms with Gasteiger partial charge in [-0.25, -0.2) is 4.98 Å². The highest BCUT2D eigenvalue weighted by atomic mass is 16.3. The Morgan fingerprint density at radius 2 is 1.95 bits per heavy atom. The number of nitrogens with zero attached hydrogens (tertiary/aromatic N) is 2. The number of aryl methyl sites for hydroxylation is 2. The lowest BCUT2D eigenvalue weighted by atomic mass is 10.1. The van der Waals surface area contributed by atoms with Crippen LogP contribution in [0, 0.1) is 13.8 Å². The number of aliphatic hydroxyl groups is 2. The van der Waals surface area contributed by atoms with Crippen molar-refractivity contribution in [2.24, 2.45) is 0 Å². The van der Waals surface area contributed by atoms with E-state index in [0.717, 1.165) is 35.5 Å². The van der Waals surface area contributed by atoms with Crippen molar-refractivity contribution in [3.05, 3.63) is 22.9 Å². The smallest absolute Gasteiger partial charge is 0.134 e. The average Bonchev–Trinajstić information content (AvgIpc) is 2.88. The Morgan fingerprint density at radius 3 is 2.53 bits per heavy atom. The zero-order chi connectivity index (χ0) is 13.8. The molecule has 0 amide bonds. The zero-order valence-corrected chi connectivity index (χ0v) is 11.9. The third-order valence-electron chi connectivity index (χ3n) is 3.99. The van der Waals surface area contributed by atoms with Crippen LogP contribution in [-0.2, 0) is 6.61 Å². The van der Waals surface area contributed by atoms with Gasteiger partial charge in [-0.05, 0) is 38.3 Å². The summed E-state index contributed by atoms with van der Waals surface area (Å²) in [7, 11) is 0. The third kappa shape index (κ3) is 3.07. The summed E-state index contributed by atoms with van der Waals surface area (Å²) in [5, 5.41) is 18.9. The SMILES string of the molecule is Cc1cc(C)c(CO)c(N(CCO)C2CCCC2)n1. The molecule has 19 heavy (non-hydrogen) atoms. The first-order chi connectivity index (χ1) is 9.17. The van der Waals surface area contributed by atoms with Crippen LogP contribution in [0.2, 0.25) is 0 Å². The Hall–Kier alpha value is -1.13. The lowest BCUT2D eigenvalue weighted by Gasteiger charge is -2.31. The Morgan fingerprint density at radius 1 is 1.26 bits per heavy atom. The summed E-state index contributed by atoms with van der Waals surface area (Å²) in [5.74, 6) is 0.862. The van der Waals surface area contributed by atoms with Crippen LogP contribution in [-0.4, -0.2) is 34.4 Å². The van der Waals surface area contributed by atoms with Gasteiger partial charge in [0.2, 0.25) is 0 Å². The second kappa shape index (κ2) is 6.35. The highest BCUT2D eigenvalue weighted by Gasteiger charge is 2.25. The second-order valence-corrected chi connectivity index (χ2v) is 5.40. The molecule has 1 fully saturated rings. The summed E-state index contributed by atoms with van der Waals surface area (Å²) in [6.45, 7) is 4.70. The van der Waals surface area contributed by atoms with Crippen molar-refractivity contribution in [3.8, 4) is 0 Å². The number of aromatic nitrogens is 1. The van der Waals surface area contributed by atoms with Crippen LogP contribution in [0.5, 0.6) is 0 Å². The molecule has 0 radical (unpaired) electrons. The highest BCUT2D eigenvalue weighted by Crippen LogP contribution is 2.30. The molecule has 1 aliphatic carbocycles. The minimum absolute atomic E-state index is 0.00307. The van der Waals surface area contributed by atoms with Gasteiger partial charge in [0.1, 0.15) is 5.82 Å². The lowest BCUT2D eigenvalue weighted by Crippen LogP contribution is -2.37. The first-order valence-electron chi connectivity index (χ1n) is 7.13. The number of rotatable bonds is 5. The molecule has 1 aromatic heterocycles. The number of hydrogen-bond acceptors (Lipinski definition) is 4.